The summed E-state index contributed by atoms with van der Waals surface area (Å²) in [5, 5.41) is 8.38. The summed E-state index contributed by atoms with van der Waals surface area (Å²) in [5.74, 6) is 1.21. The van der Waals surface area contributed by atoms with E-state index in [9.17, 15) is 4.79 Å². The molecule has 0 unspecified atom stereocenters. The average Bonchev–Trinajstić information content (AvgIpc) is 3.30. The van der Waals surface area contributed by atoms with Crippen molar-refractivity contribution in [3.63, 3.8) is 0 Å². The number of nitrogens with zero attached hydrogens (tertiary/aromatic N) is 5. The minimum absolute atomic E-state index is 0.00952. The van der Waals surface area contributed by atoms with Crippen LogP contribution in [0.2, 0.25) is 0 Å². The SMILES string of the molecule is CC1CCC(n2c(=O)ccc3cnc(Nc4ccc(-n5cccn5)cc4)nc32)CC1. The lowest BCUT2D eigenvalue weighted by Gasteiger charge is -2.28. The molecule has 5 rings (SSSR count). The molecular formula is C23H24N6O. The minimum Gasteiger partial charge on any atom is -0.324 e. The molecule has 1 saturated carbocycles. The first kappa shape index (κ1) is 18.5. The molecule has 0 radical (unpaired) electrons. The highest BCUT2D eigenvalue weighted by Crippen LogP contribution is 2.32. The molecule has 7 heteroatoms. The van der Waals surface area contributed by atoms with Crippen molar-refractivity contribution in [1.82, 2.24) is 24.3 Å². The van der Waals surface area contributed by atoms with E-state index in [-0.39, 0.29) is 11.6 Å². The third kappa shape index (κ3) is 3.58. The molecule has 1 fully saturated rings. The number of hydrogen-bond acceptors (Lipinski definition) is 5. The molecule has 3 aromatic heterocycles. The highest BCUT2D eigenvalue weighted by atomic mass is 16.1. The van der Waals surface area contributed by atoms with Crippen molar-refractivity contribution in [1.29, 1.82) is 0 Å². The number of benzene rings is 1. The molecule has 4 aromatic rings. The fourth-order valence-corrected chi connectivity index (χ4v) is 4.20. The molecule has 0 amide bonds. The Hall–Kier alpha value is -3.48. The molecule has 0 aliphatic heterocycles. The topological polar surface area (TPSA) is 77.6 Å². The molecule has 0 atom stereocenters. The van der Waals surface area contributed by atoms with E-state index in [2.05, 4.69) is 22.3 Å². The van der Waals surface area contributed by atoms with Gasteiger partial charge in [-0.2, -0.15) is 10.1 Å². The second-order valence-corrected chi connectivity index (χ2v) is 8.05. The summed E-state index contributed by atoms with van der Waals surface area (Å²) in [4.78, 5) is 21.9. The van der Waals surface area contributed by atoms with Crippen molar-refractivity contribution in [3.05, 3.63) is 71.4 Å². The molecule has 1 aromatic carbocycles. The maximum absolute atomic E-state index is 12.7. The number of anilines is 2. The third-order valence-electron chi connectivity index (χ3n) is 5.91. The Morgan fingerprint density at radius 2 is 1.83 bits per heavy atom. The molecule has 0 bridgehead atoms. The molecule has 1 aliphatic carbocycles. The van der Waals surface area contributed by atoms with E-state index < -0.39 is 0 Å². The van der Waals surface area contributed by atoms with Gasteiger partial charge in [-0.15, -0.1) is 0 Å². The van der Waals surface area contributed by atoms with Gasteiger partial charge in [-0.25, -0.2) is 9.67 Å². The van der Waals surface area contributed by atoms with Crippen LogP contribution in [0.4, 0.5) is 11.6 Å². The van der Waals surface area contributed by atoms with Crippen LogP contribution in [0.1, 0.15) is 38.6 Å². The van der Waals surface area contributed by atoms with Gasteiger partial charge >= 0.3 is 0 Å². The largest absolute Gasteiger partial charge is 0.324 e. The van der Waals surface area contributed by atoms with E-state index in [1.165, 1.54) is 0 Å². The quantitative estimate of drug-likeness (QED) is 0.547. The Morgan fingerprint density at radius 1 is 1.03 bits per heavy atom. The van der Waals surface area contributed by atoms with Crippen molar-refractivity contribution in [3.8, 4) is 5.69 Å². The maximum Gasteiger partial charge on any atom is 0.252 e. The van der Waals surface area contributed by atoms with E-state index in [1.807, 2.05) is 47.2 Å². The monoisotopic (exact) mass is 400 g/mol. The van der Waals surface area contributed by atoms with Crippen molar-refractivity contribution < 1.29 is 0 Å². The summed E-state index contributed by atoms with van der Waals surface area (Å²) in [6, 6.07) is 13.4. The second kappa shape index (κ2) is 7.74. The van der Waals surface area contributed by atoms with Crippen molar-refractivity contribution in [2.75, 3.05) is 5.32 Å². The number of fused-ring (bicyclic) bond motifs is 1. The minimum atomic E-state index is 0.00952. The van der Waals surface area contributed by atoms with Gasteiger partial charge in [0.15, 0.2) is 0 Å². The number of nitrogens with one attached hydrogen (secondary N) is 1. The zero-order chi connectivity index (χ0) is 20.5. The predicted molar refractivity (Wildman–Crippen MR) is 117 cm³/mol. The van der Waals surface area contributed by atoms with Gasteiger partial charge in [-0.05, 0) is 68.0 Å². The molecule has 1 aliphatic rings. The van der Waals surface area contributed by atoms with E-state index >= 15 is 0 Å². The summed E-state index contributed by atoms with van der Waals surface area (Å²) < 4.78 is 3.68. The molecule has 0 spiro atoms. The van der Waals surface area contributed by atoms with E-state index in [0.29, 0.717) is 11.6 Å². The van der Waals surface area contributed by atoms with Gasteiger partial charge in [0.05, 0.1) is 5.69 Å². The predicted octanol–water partition coefficient (Wildman–Crippen LogP) is 4.47. The zero-order valence-corrected chi connectivity index (χ0v) is 16.9. The van der Waals surface area contributed by atoms with Gasteiger partial charge in [0.2, 0.25) is 5.95 Å². The fourth-order valence-electron chi connectivity index (χ4n) is 4.20. The average molecular weight is 400 g/mol. The Labute approximate surface area is 174 Å². The van der Waals surface area contributed by atoms with Gasteiger partial charge in [0, 0.05) is 41.8 Å². The summed E-state index contributed by atoms with van der Waals surface area (Å²) in [6.45, 7) is 2.28. The van der Waals surface area contributed by atoms with E-state index in [4.69, 9.17) is 4.98 Å². The van der Waals surface area contributed by atoms with Crippen LogP contribution in [0.5, 0.6) is 0 Å². The third-order valence-corrected chi connectivity index (χ3v) is 5.91. The molecule has 3 heterocycles. The smallest absolute Gasteiger partial charge is 0.252 e. The Balaban J connectivity index is 1.45. The van der Waals surface area contributed by atoms with Gasteiger partial charge in [-0.1, -0.05) is 6.92 Å². The number of pyridine rings is 1. The van der Waals surface area contributed by atoms with Crippen LogP contribution in [-0.2, 0) is 0 Å². The van der Waals surface area contributed by atoms with Gasteiger partial charge in [0.1, 0.15) is 5.65 Å². The highest BCUT2D eigenvalue weighted by Gasteiger charge is 2.22. The van der Waals surface area contributed by atoms with Crippen LogP contribution in [0, 0.1) is 5.92 Å². The lowest BCUT2D eigenvalue weighted by Crippen LogP contribution is -2.28. The molecule has 0 saturated heterocycles. The summed E-state index contributed by atoms with van der Waals surface area (Å²) in [5.41, 5.74) is 2.56. The van der Waals surface area contributed by atoms with E-state index in [0.717, 1.165) is 48.4 Å². The van der Waals surface area contributed by atoms with Crippen LogP contribution in [0.25, 0.3) is 16.7 Å². The van der Waals surface area contributed by atoms with Crippen LogP contribution in [0.15, 0.2) is 65.8 Å². The Bertz CT molecular complexity index is 1200. The first-order valence-corrected chi connectivity index (χ1v) is 10.4. The van der Waals surface area contributed by atoms with Crippen LogP contribution in [0.3, 0.4) is 0 Å². The number of rotatable bonds is 4. The van der Waals surface area contributed by atoms with E-state index in [1.54, 1.807) is 23.1 Å². The first-order chi connectivity index (χ1) is 14.7. The van der Waals surface area contributed by atoms with Crippen molar-refractivity contribution >= 4 is 22.7 Å². The van der Waals surface area contributed by atoms with Gasteiger partial charge < -0.3 is 5.32 Å². The molecule has 152 valence electrons. The second-order valence-electron chi connectivity index (χ2n) is 8.05. The summed E-state index contributed by atoms with van der Waals surface area (Å²) in [7, 11) is 0. The lowest BCUT2D eigenvalue weighted by molar-refractivity contribution is 0.289. The zero-order valence-electron chi connectivity index (χ0n) is 16.9. The van der Waals surface area contributed by atoms with Crippen LogP contribution < -0.4 is 10.9 Å². The van der Waals surface area contributed by atoms with Gasteiger partial charge in [0.25, 0.3) is 5.56 Å². The Kier molecular flexibility index (Phi) is 4.78. The lowest BCUT2D eigenvalue weighted by atomic mass is 9.87. The number of hydrogen-bond donors (Lipinski definition) is 1. The molecule has 1 N–H and O–H groups in total. The Morgan fingerprint density at radius 3 is 2.57 bits per heavy atom. The van der Waals surface area contributed by atoms with Gasteiger partial charge in [-0.3, -0.25) is 9.36 Å². The standard InChI is InChI=1S/C23H24N6O/c1-16-3-8-20(9-4-16)29-21(30)12-5-17-15-24-23(27-22(17)29)26-18-6-10-19(11-7-18)28-14-2-13-25-28/h2,5-7,10-16,20H,3-4,8-9H2,1H3,(H,24,26,27). The maximum atomic E-state index is 12.7. The number of aromatic nitrogens is 5. The first-order valence-electron chi connectivity index (χ1n) is 10.4. The summed E-state index contributed by atoms with van der Waals surface area (Å²) in [6.07, 6.45) is 9.76. The molecular weight excluding hydrogens is 376 g/mol. The van der Waals surface area contributed by atoms with Crippen LogP contribution in [-0.4, -0.2) is 24.3 Å². The fraction of sp³-hybridized carbons (Fsp3) is 0.304. The molecule has 7 nitrogen and oxygen atoms in total. The highest BCUT2D eigenvalue weighted by molar-refractivity contribution is 5.75. The van der Waals surface area contributed by atoms with Crippen molar-refractivity contribution in [2.45, 2.75) is 38.6 Å². The summed E-state index contributed by atoms with van der Waals surface area (Å²) >= 11 is 0. The normalized spacial score (nSPS) is 19.1. The van der Waals surface area contributed by atoms with Crippen molar-refractivity contribution in [2.24, 2.45) is 5.92 Å². The molecule has 30 heavy (non-hydrogen) atoms. The van der Waals surface area contributed by atoms with Crippen LogP contribution >= 0.6 is 0 Å².